The lowest BCUT2D eigenvalue weighted by Crippen LogP contribution is -2.53. The molecule has 0 bridgehead atoms. The number of hydrogen-bond donors (Lipinski definition) is 1. The number of sulfonamides is 1. The molecule has 0 spiro atoms. The van der Waals surface area contributed by atoms with Gasteiger partial charge in [-0.05, 0) is 43.4 Å². The summed E-state index contributed by atoms with van der Waals surface area (Å²) in [6.45, 7) is 6.02. The highest BCUT2D eigenvalue weighted by molar-refractivity contribution is 7.92. The van der Waals surface area contributed by atoms with Gasteiger partial charge in [-0.15, -0.1) is 0 Å². The molecule has 0 saturated heterocycles. The largest absolute Gasteiger partial charge is 0.355 e. The van der Waals surface area contributed by atoms with E-state index in [9.17, 15) is 18.0 Å². The number of nitrogens with zero attached hydrogens (tertiary/aromatic N) is 2. The van der Waals surface area contributed by atoms with Gasteiger partial charge in [-0.3, -0.25) is 13.9 Å². The maximum Gasteiger partial charge on any atom is 0.244 e. The third-order valence-corrected chi connectivity index (χ3v) is 6.67. The number of likely N-dealkylation sites (N-methyl/N-ethyl adjacent to an activating group) is 1. The number of benzene rings is 2. The minimum absolute atomic E-state index is 0.235. The van der Waals surface area contributed by atoms with Crippen LogP contribution in [-0.2, 0) is 32.5 Å². The summed E-state index contributed by atoms with van der Waals surface area (Å²) >= 11 is 0. The van der Waals surface area contributed by atoms with Crippen LogP contribution in [0.15, 0.2) is 54.6 Å². The van der Waals surface area contributed by atoms with E-state index in [0.29, 0.717) is 38.0 Å². The van der Waals surface area contributed by atoms with Crippen molar-refractivity contribution in [2.24, 2.45) is 0 Å². The lowest BCUT2D eigenvalue weighted by Gasteiger charge is -2.33. The minimum atomic E-state index is -3.72. The molecule has 2 aromatic carbocycles. The smallest absolute Gasteiger partial charge is 0.244 e. The zero-order valence-corrected chi connectivity index (χ0v) is 20.8. The molecule has 33 heavy (non-hydrogen) atoms. The molecule has 0 aromatic heterocycles. The van der Waals surface area contributed by atoms with Crippen LogP contribution in [0.4, 0.5) is 5.69 Å². The Labute approximate surface area is 197 Å². The zero-order valence-electron chi connectivity index (χ0n) is 20.0. The molecule has 0 heterocycles. The van der Waals surface area contributed by atoms with E-state index in [2.05, 4.69) is 5.32 Å². The Hall–Kier alpha value is -2.87. The van der Waals surface area contributed by atoms with Crippen molar-refractivity contribution in [3.05, 3.63) is 65.7 Å². The van der Waals surface area contributed by atoms with Crippen LogP contribution in [-0.4, -0.2) is 57.1 Å². The van der Waals surface area contributed by atoms with Gasteiger partial charge in [0.2, 0.25) is 21.8 Å². The van der Waals surface area contributed by atoms with Gasteiger partial charge in [0.25, 0.3) is 0 Å². The van der Waals surface area contributed by atoms with E-state index in [4.69, 9.17) is 0 Å². The van der Waals surface area contributed by atoms with Crippen LogP contribution in [0.25, 0.3) is 0 Å². The van der Waals surface area contributed by atoms with Crippen LogP contribution in [0, 0.1) is 0 Å². The van der Waals surface area contributed by atoms with Crippen molar-refractivity contribution < 1.29 is 18.0 Å². The average molecular weight is 474 g/mol. The molecule has 1 unspecified atom stereocenters. The summed E-state index contributed by atoms with van der Waals surface area (Å²) in [5.74, 6) is -0.637. The van der Waals surface area contributed by atoms with E-state index >= 15 is 0 Å². The first-order chi connectivity index (χ1) is 15.7. The second-order valence-electron chi connectivity index (χ2n) is 7.89. The van der Waals surface area contributed by atoms with Crippen LogP contribution in [0.3, 0.4) is 0 Å². The highest BCUT2D eigenvalue weighted by Gasteiger charge is 2.31. The van der Waals surface area contributed by atoms with Gasteiger partial charge in [0.05, 0.1) is 11.9 Å². The Kier molecular flexibility index (Phi) is 9.91. The number of para-hydroxylation sites is 1. The number of aryl methyl sites for hydroxylation is 1. The summed E-state index contributed by atoms with van der Waals surface area (Å²) in [5.41, 5.74) is 2.37. The summed E-state index contributed by atoms with van der Waals surface area (Å²) in [4.78, 5) is 27.8. The minimum Gasteiger partial charge on any atom is -0.355 e. The number of nitrogens with one attached hydrogen (secondary N) is 1. The molecule has 0 aliphatic heterocycles. The Bertz CT molecular complexity index is 1020. The number of carbonyl (C=O) groups excluding carboxylic acids is 2. The van der Waals surface area contributed by atoms with Crippen molar-refractivity contribution in [2.45, 2.75) is 46.1 Å². The fraction of sp³-hybridized carbons (Fsp3) is 0.440. The number of carbonyl (C=O) groups is 2. The molecule has 0 saturated carbocycles. The third kappa shape index (κ3) is 7.32. The zero-order chi connectivity index (χ0) is 24.4. The maximum atomic E-state index is 13.5. The SMILES string of the molecule is CCNC(=O)C(CC)N(CCc1ccccc1)C(=O)CN(c1ccccc1CC)S(C)(=O)=O. The van der Waals surface area contributed by atoms with E-state index < -0.39 is 22.0 Å². The molecule has 8 heteroatoms. The second kappa shape index (κ2) is 12.4. The Morgan fingerprint density at radius 2 is 1.61 bits per heavy atom. The summed E-state index contributed by atoms with van der Waals surface area (Å²) in [5, 5.41) is 2.80. The maximum absolute atomic E-state index is 13.5. The molecule has 7 nitrogen and oxygen atoms in total. The topological polar surface area (TPSA) is 86.8 Å². The van der Waals surface area contributed by atoms with Gasteiger partial charge in [0.15, 0.2) is 0 Å². The van der Waals surface area contributed by atoms with Gasteiger partial charge in [0, 0.05) is 13.1 Å². The van der Waals surface area contributed by atoms with Crippen molar-refractivity contribution in [3.8, 4) is 0 Å². The van der Waals surface area contributed by atoms with Gasteiger partial charge in [-0.25, -0.2) is 8.42 Å². The average Bonchev–Trinajstić information content (AvgIpc) is 2.80. The Morgan fingerprint density at radius 1 is 0.970 bits per heavy atom. The van der Waals surface area contributed by atoms with Crippen LogP contribution in [0.1, 0.15) is 38.3 Å². The van der Waals surface area contributed by atoms with Crippen molar-refractivity contribution >= 4 is 27.5 Å². The van der Waals surface area contributed by atoms with Crippen molar-refractivity contribution in [3.63, 3.8) is 0 Å². The molecule has 0 radical (unpaired) electrons. The quantitative estimate of drug-likeness (QED) is 0.513. The molecule has 0 fully saturated rings. The predicted octanol–water partition coefficient (Wildman–Crippen LogP) is 3.00. The van der Waals surface area contributed by atoms with E-state index in [1.54, 1.807) is 12.1 Å². The number of hydrogen-bond acceptors (Lipinski definition) is 4. The first-order valence-electron chi connectivity index (χ1n) is 11.4. The van der Waals surface area contributed by atoms with E-state index in [1.807, 2.05) is 63.2 Å². The van der Waals surface area contributed by atoms with Crippen LogP contribution >= 0.6 is 0 Å². The van der Waals surface area contributed by atoms with Crippen LogP contribution in [0.2, 0.25) is 0 Å². The molecule has 1 N–H and O–H groups in total. The molecule has 180 valence electrons. The Morgan fingerprint density at radius 3 is 2.18 bits per heavy atom. The van der Waals surface area contributed by atoms with Crippen molar-refractivity contribution in [1.82, 2.24) is 10.2 Å². The molecular formula is C25H35N3O4S. The summed E-state index contributed by atoms with van der Waals surface area (Å²) in [7, 11) is -3.72. The van der Waals surface area contributed by atoms with Gasteiger partial charge in [-0.2, -0.15) is 0 Å². The molecule has 2 rings (SSSR count). The monoisotopic (exact) mass is 473 g/mol. The molecule has 2 amide bonds. The third-order valence-electron chi connectivity index (χ3n) is 5.54. The van der Waals surface area contributed by atoms with Gasteiger partial charge < -0.3 is 10.2 Å². The highest BCUT2D eigenvalue weighted by Crippen LogP contribution is 2.24. The van der Waals surface area contributed by atoms with Crippen LogP contribution in [0.5, 0.6) is 0 Å². The Balaban J connectivity index is 2.38. The summed E-state index contributed by atoms with van der Waals surface area (Å²) in [6, 6.07) is 16.2. The number of rotatable bonds is 12. The van der Waals surface area contributed by atoms with E-state index in [0.717, 1.165) is 21.7 Å². The molecule has 1 atom stereocenters. The first kappa shape index (κ1) is 26.4. The van der Waals surface area contributed by atoms with Gasteiger partial charge in [-0.1, -0.05) is 62.4 Å². The standard InChI is InChI=1S/C25H35N3O4S/c1-5-21-15-11-12-16-23(21)28(33(4,31)32)19-24(29)27(22(6-2)25(30)26-7-3)18-17-20-13-9-8-10-14-20/h8-16,22H,5-7,17-19H2,1-4H3,(H,26,30). The molecular weight excluding hydrogens is 438 g/mol. The highest BCUT2D eigenvalue weighted by atomic mass is 32.2. The normalized spacial score (nSPS) is 12.1. The molecule has 2 aromatic rings. The van der Waals surface area contributed by atoms with Crippen molar-refractivity contribution in [1.29, 1.82) is 0 Å². The lowest BCUT2D eigenvalue weighted by atomic mass is 10.1. The van der Waals surface area contributed by atoms with Gasteiger partial charge >= 0.3 is 0 Å². The van der Waals surface area contributed by atoms with Crippen LogP contribution < -0.4 is 9.62 Å². The summed E-state index contributed by atoms with van der Waals surface area (Å²) < 4.78 is 26.5. The van der Waals surface area contributed by atoms with Gasteiger partial charge in [0.1, 0.15) is 12.6 Å². The predicted molar refractivity (Wildman–Crippen MR) is 133 cm³/mol. The molecule has 0 aliphatic carbocycles. The first-order valence-corrected chi connectivity index (χ1v) is 13.2. The second-order valence-corrected chi connectivity index (χ2v) is 9.80. The van der Waals surface area contributed by atoms with Crippen molar-refractivity contribution in [2.75, 3.05) is 30.2 Å². The summed E-state index contributed by atoms with van der Waals surface area (Å²) in [6.07, 6.45) is 2.72. The fourth-order valence-electron chi connectivity index (χ4n) is 3.84. The van der Waals surface area contributed by atoms with E-state index in [1.165, 1.54) is 4.90 Å². The van der Waals surface area contributed by atoms with E-state index in [-0.39, 0.29) is 12.5 Å². The lowest BCUT2D eigenvalue weighted by molar-refractivity contribution is -0.139. The fourth-order valence-corrected chi connectivity index (χ4v) is 4.72. The number of anilines is 1. The molecule has 0 aliphatic rings. The number of amides is 2.